The molecule has 2 aliphatic rings. The molecule has 1 aliphatic carbocycles. The molecule has 0 bridgehead atoms. The molecule has 1 unspecified atom stereocenters. The first-order valence-corrected chi connectivity index (χ1v) is 6.61. The summed E-state index contributed by atoms with van der Waals surface area (Å²) in [7, 11) is 0. The van der Waals surface area contributed by atoms with Crippen LogP contribution in [0.5, 0.6) is 0 Å². The maximum absolute atomic E-state index is 11.7. The lowest BCUT2D eigenvalue weighted by atomic mass is 10.2. The highest BCUT2D eigenvalue weighted by Crippen LogP contribution is 2.37. The second-order valence-corrected chi connectivity index (χ2v) is 4.86. The Bertz CT molecular complexity index is 364. The number of rotatable bonds is 5. The van der Waals surface area contributed by atoms with Crippen LogP contribution in [0.1, 0.15) is 25.7 Å². The first-order valence-electron chi connectivity index (χ1n) is 6.61. The van der Waals surface area contributed by atoms with Crippen molar-refractivity contribution in [3.8, 4) is 0 Å². The van der Waals surface area contributed by atoms with Crippen LogP contribution in [-0.2, 0) is 19.1 Å². The third-order valence-corrected chi connectivity index (χ3v) is 3.45. The minimum absolute atomic E-state index is 0.0654. The van der Waals surface area contributed by atoms with Gasteiger partial charge in [0.05, 0.1) is 13.2 Å². The van der Waals surface area contributed by atoms with E-state index < -0.39 is 5.79 Å². The Balaban J connectivity index is 1.66. The van der Waals surface area contributed by atoms with Gasteiger partial charge in [-0.3, -0.25) is 9.59 Å². The van der Waals surface area contributed by atoms with Crippen molar-refractivity contribution in [3.05, 3.63) is 12.7 Å². The van der Waals surface area contributed by atoms with Gasteiger partial charge in [0.15, 0.2) is 5.79 Å². The third-order valence-electron chi connectivity index (χ3n) is 3.45. The Morgan fingerprint density at radius 1 is 1.37 bits per heavy atom. The van der Waals surface area contributed by atoms with Gasteiger partial charge in [-0.05, 0) is 12.5 Å². The molecular formula is C13H20N2O4. The van der Waals surface area contributed by atoms with E-state index in [1.807, 2.05) is 0 Å². The summed E-state index contributed by atoms with van der Waals surface area (Å²) in [4.78, 5) is 22.6. The topological polar surface area (TPSA) is 76.7 Å². The normalized spacial score (nSPS) is 24.3. The summed E-state index contributed by atoms with van der Waals surface area (Å²) in [6, 6.07) is 0.0979. The molecule has 2 fully saturated rings. The predicted octanol–water partition coefficient (Wildman–Crippen LogP) is 0.0905. The second kappa shape index (κ2) is 6.16. The van der Waals surface area contributed by atoms with Crippen molar-refractivity contribution in [3.63, 3.8) is 0 Å². The van der Waals surface area contributed by atoms with Crippen LogP contribution in [0.4, 0.5) is 0 Å². The molecule has 2 amide bonds. The molecule has 0 aromatic rings. The summed E-state index contributed by atoms with van der Waals surface area (Å²) in [6.45, 7) is 4.93. The molecule has 1 aliphatic heterocycles. The molecule has 6 nitrogen and oxygen atoms in total. The van der Waals surface area contributed by atoms with E-state index in [1.54, 1.807) is 0 Å². The minimum Gasteiger partial charge on any atom is -0.353 e. The SMILES string of the molecule is C=CC(=O)NCCC(=O)NC1CCC2(C1)OCCO2. The van der Waals surface area contributed by atoms with E-state index in [1.165, 1.54) is 6.08 Å². The van der Waals surface area contributed by atoms with E-state index in [4.69, 9.17) is 9.47 Å². The molecule has 0 aromatic heterocycles. The van der Waals surface area contributed by atoms with E-state index in [9.17, 15) is 9.59 Å². The smallest absolute Gasteiger partial charge is 0.243 e. The zero-order chi connectivity index (χ0) is 13.7. The Hall–Kier alpha value is -1.40. The molecule has 1 atom stereocenters. The molecule has 2 N–H and O–H groups in total. The number of hydrogen-bond acceptors (Lipinski definition) is 4. The van der Waals surface area contributed by atoms with Gasteiger partial charge in [0.2, 0.25) is 11.8 Å². The highest BCUT2D eigenvalue weighted by atomic mass is 16.7. The summed E-state index contributed by atoms with van der Waals surface area (Å²) in [5.41, 5.74) is 0. The van der Waals surface area contributed by atoms with Gasteiger partial charge in [0, 0.05) is 31.8 Å². The molecule has 1 heterocycles. The standard InChI is InChI=1S/C13H20N2O4/c1-2-11(16)14-6-4-12(17)15-10-3-5-13(9-10)18-7-8-19-13/h2,10H,1,3-9H2,(H,14,16)(H,15,17). The van der Waals surface area contributed by atoms with Crippen molar-refractivity contribution < 1.29 is 19.1 Å². The molecule has 106 valence electrons. The molecular weight excluding hydrogens is 248 g/mol. The fourth-order valence-electron chi connectivity index (χ4n) is 2.53. The summed E-state index contributed by atoms with van der Waals surface area (Å²) in [5, 5.41) is 5.52. The number of ether oxygens (including phenoxy) is 2. The highest BCUT2D eigenvalue weighted by molar-refractivity contribution is 5.87. The van der Waals surface area contributed by atoms with Crippen molar-refractivity contribution in [1.82, 2.24) is 10.6 Å². The quantitative estimate of drug-likeness (QED) is 0.693. The van der Waals surface area contributed by atoms with Gasteiger partial charge in [-0.15, -0.1) is 0 Å². The van der Waals surface area contributed by atoms with Gasteiger partial charge in [0.25, 0.3) is 0 Å². The fourth-order valence-corrected chi connectivity index (χ4v) is 2.53. The largest absolute Gasteiger partial charge is 0.353 e. The van der Waals surface area contributed by atoms with Crippen molar-refractivity contribution >= 4 is 11.8 Å². The lowest BCUT2D eigenvalue weighted by molar-refractivity contribution is -0.151. The molecule has 0 aromatic carbocycles. The number of nitrogens with one attached hydrogen (secondary N) is 2. The molecule has 2 rings (SSSR count). The van der Waals surface area contributed by atoms with Gasteiger partial charge < -0.3 is 20.1 Å². The van der Waals surface area contributed by atoms with Crippen molar-refractivity contribution in [2.75, 3.05) is 19.8 Å². The van der Waals surface area contributed by atoms with E-state index >= 15 is 0 Å². The predicted molar refractivity (Wildman–Crippen MR) is 68.2 cm³/mol. The summed E-state index contributed by atoms with van der Waals surface area (Å²) < 4.78 is 11.2. The van der Waals surface area contributed by atoms with E-state index in [0.717, 1.165) is 12.8 Å². The van der Waals surface area contributed by atoms with Gasteiger partial charge in [0.1, 0.15) is 0 Å². The van der Waals surface area contributed by atoms with E-state index in [0.29, 0.717) is 26.2 Å². The Labute approximate surface area is 112 Å². The van der Waals surface area contributed by atoms with Crippen LogP contribution < -0.4 is 10.6 Å². The van der Waals surface area contributed by atoms with Crippen LogP contribution in [0.25, 0.3) is 0 Å². The second-order valence-electron chi connectivity index (χ2n) is 4.86. The van der Waals surface area contributed by atoms with Gasteiger partial charge in [-0.25, -0.2) is 0 Å². The van der Waals surface area contributed by atoms with Crippen molar-refractivity contribution in [1.29, 1.82) is 0 Å². The number of carbonyl (C=O) groups is 2. The first kappa shape index (κ1) is 14.0. The molecule has 1 spiro atoms. The fraction of sp³-hybridized carbons (Fsp3) is 0.692. The van der Waals surface area contributed by atoms with Crippen LogP contribution >= 0.6 is 0 Å². The van der Waals surface area contributed by atoms with E-state index in [2.05, 4.69) is 17.2 Å². The first-order chi connectivity index (χ1) is 9.13. The molecule has 6 heteroatoms. The van der Waals surface area contributed by atoms with Crippen LogP contribution in [0, 0.1) is 0 Å². The average Bonchev–Trinajstić information content (AvgIpc) is 3.00. The van der Waals surface area contributed by atoms with Crippen molar-refractivity contribution in [2.45, 2.75) is 37.5 Å². The molecule has 19 heavy (non-hydrogen) atoms. The number of carbonyl (C=O) groups excluding carboxylic acids is 2. The monoisotopic (exact) mass is 268 g/mol. The number of hydrogen-bond donors (Lipinski definition) is 2. The molecule has 1 saturated carbocycles. The Morgan fingerprint density at radius 2 is 2.11 bits per heavy atom. The van der Waals surface area contributed by atoms with Crippen molar-refractivity contribution in [2.24, 2.45) is 0 Å². The van der Waals surface area contributed by atoms with Crippen LogP contribution in [0.15, 0.2) is 12.7 Å². The van der Waals surface area contributed by atoms with Gasteiger partial charge >= 0.3 is 0 Å². The van der Waals surface area contributed by atoms with Gasteiger partial charge in [-0.1, -0.05) is 6.58 Å². The van der Waals surface area contributed by atoms with Crippen LogP contribution in [-0.4, -0.2) is 43.4 Å². The summed E-state index contributed by atoms with van der Waals surface area (Å²) >= 11 is 0. The zero-order valence-electron chi connectivity index (χ0n) is 10.9. The number of amides is 2. The maximum atomic E-state index is 11.7. The third kappa shape index (κ3) is 3.78. The molecule has 0 radical (unpaired) electrons. The summed E-state index contributed by atoms with van der Waals surface area (Å²) in [5.74, 6) is -0.792. The lowest BCUT2D eigenvalue weighted by Gasteiger charge is -2.21. The zero-order valence-corrected chi connectivity index (χ0v) is 10.9. The highest BCUT2D eigenvalue weighted by Gasteiger charge is 2.44. The minimum atomic E-state index is -0.463. The Kier molecular flexibility index (Phi) is 4.55. The molecule has 1 saturated heterocycles. The summed E-state index contributed by atoms with van der Waals surface area (Å²) in [6.07, 6.45) is 3.85. The maximum Gasteiger partial charge on any atom is 0.243 e. The average molecular weight is 268 g/mol. The van der Waals surface area contributed by atoms with Crippen LogP contribution in [0.3, 0.4) is 0 Å². The Morgan fingerprint density at radius 3 is 2.79 bits per heavy atom. The van der Waals surface area contributed by atoms with Crippen LogP contribution in [0.2, 0.25) is 0 Å². The lowest BCUT2D eigenvalue weighted by Crippen LogP contribution is -2.37. The van der Waals surface area contributed by atoms with Gasteiger partial charge in [-0.2, -0.15) is 0 Å². The van der Waals surface area contributed by atoms with E-state index in [-0.39, 0.29) is 24.3 Å².